The number of nitrogens with two attached hydrogens (primary N) is 1. The SMILES string of the molecule is CCc1nnsc1C(N)c1cccc(OC2CC2)c1. The van der Waals surface area contributed by atoms with Crippen LogP contribution >= 0.6 is 11.5 Å². The molecular formula is C14H17N3OS. The third-order valence-electron chi connectivity index (χ3n) is 3.25. The van der Waals surface area contributed by atoms with Crippen LogP contribution in [-0.4, -0.2) is 15.7 Å². The molecule has 0 radical (unpaired) electrons. The molecule has 4 nitrogen and oxygen atoms in total. The van der Waals surface area contributed by atoms with E-state index in [2.05, 4.69) is 16.5 Å². The molecule has 0 bridgehead atoms. The molecule has 3 rings (SSSR count). The predicted molar refractivity (Wildman–Crippen MR) is 75.4 cm³/mol. The van der Waals surface area contributed by atoms with Crippen LogP contribution in [0.2, 0.25) is 0 Å². The lowest BCUT2D eigenvalue weighted by molar-refractivity contribution is 0.303. The second-order valence-corrected chi connectivity index (χ2v) is 5.59. The average Bonchev–Trinajstić information content (AvgIpc) is 3.11. The highest BCUT2D eigenvalue weighted by Crippen LogP contribution is 2.30. The Balaban J connectivity index is 1.84. The van der Waals surface area contributed by atoms with Crippen molar-refractivity contribution in [3.05, 3.63) is 40.4 Å². The van der Waals surface area contributed by atoms with Crippen molar-refractivity contribution >= 4 is 11.5 Å². The van der Waals surface area contributed by atoms with Gasteiger partial charge in [0.2, 0.25) is 0 Å². The van der Waals surface area contributed by atoms with Crippen molar-refractivity contribution < 1.29 is 4.74 Å². The smallest absolute Gasteiger partial charge is 0.120 e. The summed E-state index contributed by atoms with van der Waals surface area (Å²) in [4.78, 5) is 1.05. The van der Waals surface area contributed by atoms with E-state index < -0.39 is 0 Å². The minimum Gasteiger partial charge on any atom is -0.490 e. The summed E-state index contributed by atoms with van der Waals surface area (Å²) >= 11 is 1.38. The molecule has 0 aliphatic heterocycles. The van der Waals surface area contributed by atoms with Gasteiger partial charge in [0.15, 0.2) is 0 Å². The number of nitrogens with zero attached hydrogens (tertiary/aromatic N) is 2. The van der Waals surface area contributed by atoms with E-state index in [-0.39, 0.29) is 6.04 Å². The number of aromatic nitrogens is 2. The van der Waals surface area contributed by atoms with Gasteiger partial charge < -0.3 is 10.5 Å². The van der Waals surface area contributed by atoms with E-state index in [0.717, 1.165) is 41.1 Å². The fraction of sp³-hybridized carbons (Fsp3) is 0.429. The Hall–Kier alpha value is -1.46. The second-order valence-electron chi connectivity index (χ2n) is 4.80. The van der Waals surface area contributed by atoms with Gasteiger partial charge in [-0.1, -0.05) is 23.5 Å². The summed E-state index contributed by atoms with van der Waals surface area (Å²) in [6.45, 7) is 2.07. The number of hydrogen-bond donors (Lipinski definition) is 1. The van der Waals surface area contributed by atoms with Crippen LogP contribution in [0.1, 0.15) is 41.9 Å². The van der Waals surface area contributed by atoms with Crippen LogP contribution in [-0.2, 0) is 6.42 Å². The van der Waals surface area contributed by atoms with Gasteiger partial charge in [-0.15, -0.1) is 5.10 Å². The van der Waals surface area contributed by atoms with Gasteiger partial charge in [-0.3, -0.25) is 0 Å². The van der Waals surface area contributed by atoms with Crippen LogP contribution in [0.5, 0.6) is 5.75 Å². The number of benzene rings is 1. The zero-order chi connectivity index (χ0) is 13.2. The molecule has 19 heavy (non-hydrogen) atoms. The van der Waals surface area contributed by atoms with E-state index >= 15 is 0 Å². The zero-order valence-electron chi connectivity index (χ0n) is 10.9. The molecule has 1 atom stereocenters. The lowest BCUT2D eigenvalue weighted by Crippen LogP contribution is -2.12. The first-order chi connectivity index (χ1) is 9.28. The monoisotopic (exact) mass is 275 g/mol. The fourth-order valence-corrected chi connectivity index (χ4v) is 2.78. The summed E-state index contributed by atoms with van der Waals surface area (Å²) in [6, 6.07) is 7.87. The van der Waals surface area contributed by atoms with Gasteiger partial charge in [0.1, 0.15) is 5.75 Å². The Labute approximate surface area is 116 Å². The molecule has 0 amide bonds. The molecule has 1 aliphatic rings. The molecule has 1 fully saturated rings. The molecule has 1 unspecified atom stereocenters. The topological polar surface area (TPSA) is 61.0 Å². The molecular weight excluding hydrogens is 258 g/mol. The van der Waals surface area contributed by atoms with Gasteiger partial charge in [-0.2, -0.15) is 0 Å². The van der Waals surface area contributed by atoms with Crippen molar-refractivity contribution in [2.75, 3.05) is 0 Å². The van der Waals surface area contributed by atoms with Gasteiger partial charge >= 0.3 is 0 Å². The molecule has 1 heterocycles. The van der Waals surface area contributed by atoms with Crippen molar-refractivity contribution in [3.63, 3.8) is 0 Å². The quantitative estimate of drug-likeness (QED) is 0.911. The van der Waals surface area contributed by atoms with Crippen molar-refractivity contribution in [3.8, 4) is 5.75 Å². The van der Waals surface area contributed by atoms with Crippen LogP contribution in [0.3, 0.4) is 0 Å². The third kappa shape index (κ3) is 2.77. The molecule has 1 aromatic heterocycles. The van der Waals surface area contributed by atoms with Crippen molar-refractivity contribution in [2.45, 2.75) is 38.3 Å². The Kier molecular flexibility index (Phi) is 3.48. The van der Waals surface area contributed by atoms with Gasteiger partial charge in [0.25, 0.3) is 0 Å². The fourth-order valence-electron chi connectivity index (χ4n) is 2.01. The standard InChI is InChI=1S/C14H17N3OS/c1-2-12-14(19-17-16-12)13(15)9-4-3-5-11(8-9)18-10-6-7-10/h3-5,8,10,13H,2,6-7,15H2,1H3. The van der Waals surface area contributed by atoms with Gasteiger partial charge in [-0.05, 0) is 48.5 Å². The summed E-state index contributed by atoms with van der Waals surface area (Å²) < 4.78 is 9.81. The maximum Gasteiger partial charge on any atom is 0.120 e. The average molecular weight is 275 g/mol. The van der Waals surface area contributed by atoms with Gasteiger partial charge in [-0.25, -0.2) is 0 Å². The number of hydrogen-bond acceptors (Lipinski definition) is 5. The molecule has 1 aromatic carbocycles. The largest absolute Gasteiger partial charge is 0.490 e. The minimum atomic E-state index is -0.169. The van der Waals surface area contributed by atoms with E-state index in [1.165, 1.54) is 11.5 Å². The Bertz CT molecular complexity index is 565. The molecule has 5 heteroatoms. The van der Waals surface area contributed by atoms with Crippen LogP contribution < -0.4 is 10.5 Å². The summed E-state index contributed by atoms with van der Waals surface area (Å²) in [6.07, 6.45) is 3.59. The van der Waals surface area contributed by atoms with E-state index in [9.17, 15) is 0 Å². The molecule has 2 N–H and O–H groups in total. The summed E-state index contributed by atoms with van der Waals surface area (Å²) in [5.41, 5.74) is 8.37. The first-order valence-corrected chi connectivity index (χ1v) is 7.38. The van der Waals surface area contributed by atoms with E-state index in [4.69, 9.17) is 10.5 Å². The molecule has 1 saturated carbocycles. The first kappa shape index (κ1) is 12.6. The summed E-state index contributed by atoms with van der Waals surface area (Å²) in [5.74, 6) is 0.908. The Morgan fingerprint density at radius 1 is 1.47 bits per heavy atom. The minimum absolute atomic E-state index is 0.169. The van der Waals surface area contributed by atoms with Gasteiger partial charge in [0, 0.05) is 0 Å². The lowest BCUT2D eigenvalue weighted by atomic mass is 10.0. The maximum atomic E-state index is 6.33. The highest BCUT2D eigenvalue weighted by Gasteiger charge is 2.24. The number of aryl methyl sites for hydroxylation is 1. The van der Waals surface area contributed by atoms with Crippen molar-refractivity contribution in [1.82, 2.24) is 9.59 Å². The number of rotatable bonds is 5. The second kappa shape index (κ2) is 5.27. The summed E-state index contributed by atoms with van der Waals surface area (Å²) in [7, 11) is 0. The van der Waals surface area contributed by atoms with Crippen LogP contribution in [0.25, 0.3) is 0 Å². The van der Waals surface area contributed by atoms with Crippen molar-refractivity contribution in [1.29, 1.82) is 0 Å². The van der Waals surface area contributed by atoms with E-state index in [1.54, 1.807) is 0 Å². The van der Waals surface area contributed by atoms with E-state index in [0.29, 0.717) is 6.10 Å². The Morgan fingerprint density at radius 3 is 3.05 bits per heavy atom. The first-order valence-electron chi connectivity index (χ1n) is 6.61. The van der Waals surface area contributed by atoms with Gasteiger partial charge in [0.05, 0.1) is 22.7 Å². The lowest BCUT2D eigenvalue weighted by Gasteiger charge is -2.12. The highest BCUT2D eigenvalue weighted by atomic mass is 32.1. The highest BCUT2D eigenvalue weighted by molar-refractivity contribution is 7.05. The Morgan fingerprint density at radius 2 is 2.32 bits per heavy atom. The van der Waals surface area contributed by atoms with Crippen molar-refractivity contribution in [2.24, 2.45) is 5.73 Å². The normalized spacial score (nSPS) is 16.3. The molecule has 1 aliphatic carbocycles. The molecule has 100 valence electrons. The summed E-state index contributed by atoms with van der Waals surface area (Å²) in [5, 5.41) is 4.12. The van der Waals surface area contributed by atoms with Crippen LogP contribution in [0.15, 0.2) is 24.3 Å². The predicted octanol–water partition coefficient (Wildman–Crippen LogP) is 2.69. The third-order valence-corrected chi connectivity index (χ3v) is 4.10. The molecule has 0 saturated heterocycles. The number of ether oxygens (including phenoxy) is 1. The van der Waals surface area contributed by atoms with Crippen LogP contribution in [0, 0.1) is 0 Å². The van der Waals surface area contributed by atoms with E-state index in [1.807, 2.05) is 24.3 Å². The zero-order valence-corrected chi connectivity index (χ0v) is 11.7. The molecule has 0 spiro atoms. The van der Waals surface area contributed by atoms with Crippen LogP contribution in [0.4, 0.5) is 0 Å². The maximum absolute atomic E-state index is 6.33. The molecule has 2 aromatic rings.